The second-order valence-electron chi connectivity index (χ2n) is 3.54. The molecule has 74 valence electrons. The van der Waals surface area contributed by atoms with E-state index in [1.54, 1.807) is 17.4 Å². The zero-order valence-electron chi connectivity index (χ0n) is 8.23. The smallest absolute Gasteiger partial charge is 0.204 e. The van der Waals surface area contributed by atoms with Crippen LogP contribution in [0.4, 0.5) is 0 Å². The molecular weight excluding hydrogens is 206 g/mol. The first-order valence-corrected chi connectivity index (χ1v) is 5.62. The summed E-state index contributed by atoms with van der Waals surface area (Å²) in [5.74, 6) is 0. The lowest BCUT2D eigenvalue weighted by Gasteiger charge is -1.94. The molecule has 0 N–H and O–H groups in total. The Bertz CT molecular complexity index is 708. The summed E-state index contributed by atoms with van der Waals surface area (Å²) in [6.45, 7) is 0. The van der Waals surface area contributed by atoms with E-state index in [0.717, 1.165) is 21.1 Å². The number of aryl methyl sites for hydroxylation is 1. The minimum atomic E-state index is 0.0995. The number of para-hydroxylation sites is 1. The summed E-state index contributed by atoms with van der Waals surface area (Å²) >= 11 is 1.62. The number of hydrogen-bond donors (Lipinski definition) is 0. The van der Waals surface area contributed by atoms with E-state index < -0.39 is 0 Å². The van der Waals surface area contributed by atoms with Gasteiger partial charge in [0.1, 0.15) is 5.52 Å². The van der Waals surface area contributed by atoms with E-state index in [2.05, 4.69) is 6.07 Å². The normalized spacial score (nSPS) is 11.3. The van der Waals surface area contributed by atoms with Gasteiger partial charge < -0.3 is 4.57 Å². The highest BCUT2D eigenvalue weighted by atomic mass is 32.1. The summed E-state index contributed by atoms with van der Waals surface area (Å²) < 4.78 is 3.06. The standard InChI is InChI=1S/C12H9NOS/c1-13-9-5-3-2-4-8(9)12-11(13)10(14)6-7-15-12/h2-7H,1H3. The van der Waals surface area contributed by atoms with Gasteiger partial charge in [0, 0.05) is 18.0 Å². The van der Waals surface area contributed by atoms with Crippen LogP contribution in [0.2, 0.25) is 0 Å². The fraction of sp³-hybridized carbons (Fsp3) is 0.0833. The van der Waals surface area contributed by atoms with E-state index in [-0.39, 0.29) is 5.43 Å². The second-order valence-corrected chi connectivity index (χ2v) is 4.45. The van der Waals surface area contributed by atoms with Crippen molar-refractivity contribution in [3.05, 3.63) is 45.9 Å². The average molecular weight is 215 g/mol. The number of benzene rings is 1. The van der Waals surface area contributed by atoms with Crippen molar-refractivity contribution >= 4 is 32.5 Å². The fourth-order valence-electron chi connectivity index (χ4n) is 2.00. The lowest BCUT2D eigenvalue weighted by molar-refractivity contribution is 1.01. The van der Waals surface area contributed by atoms with Crippen molar-refractivity contribution in [2.75, 3.05) is 0 Å². The summed E-state index contributed by atoms with van der Waals surface area (Å²) in [6.07, 6.45) is 0. The molecule has 3 rings (SSSR count). The number of rotatable bonds is 0. The largest absolute Gasteiger partial charge is 0.340 e. The Hall–Kier alpha value is -1.61. The Balaban J connectivity index is 2.76. The van der Waals surface area contributed by atoms with Crippen LogP contribution in [0.25, 0.3) is 21.1 Å². The van der Waals surface area contributed by atoms with Crippen molar-refractivity contribution < 1.29 is 0 Å². The van der Waals surface area contributed by atoms with Crippen molar-refractivity contribution in [3.63, 3.8) is 0 Å². The molecule has 0 bridgehead atoms. The average Bonchev–Trinajstić information content (AvgIpc) is 2.55. The van der Waals surface area contributed by atoms with Crippen LogP contribution in [0.15, 0.2) is 40.5 Å². The van der Waals surface area contributed by atoms with Gasteiger partial charge in [0.05, 0.1) is 4.70 Å². The topological polar surface area (TPSA) is 22.0 Å². The lowest BCUT2D eigenvalue weighted by atomic mass is 10.2. The maximum Gasteiger partial charge on any atom is 0.204 e. The van der Waals surface area contributed by atoms with Crippen LogP contribution in [0.5, 0.6) is 0 Å². The van der Waals surface area contributed by atoms with Gasteiger partial charge in [0.25, 0.3) is 0 Å². The minimum Gasteiger partial charge on any atom is -0.340 e. The molecule has 0 fully saturated rings. The molecule has 0 aliphatic heterocycles. The fourth-order valence-corrected chi connectivity index (χ4v) is 2.97. The third kappa shape index (κ3) is 1.07. The van der Waals surface area contributed by atoms with E-state index in [9.17, 15) is 4.79 Å². The van der Waals surface area contributed by atoms with Crippen LogP contribution >= 0.6 is 11.3 Å². The van der Waals surface area contributed by atoms with E-state index in [4.69, 9.17) is 0 Å². The Kier molecular flexibility index (Phi) is 1.70. The zero-order chi connectivity index (χ0) is 10.4. The van der Waals surface area contributed by atoms with Gasteiger partial charge in [0.15, 0.2) is 0 Å². The van der Waals surface area contributed by atoms with Crippen molar-refractivity contribution in [2.24, 2.45) is 7.05 Å². The molecule has 0 amide bonds. The zero-order valence-corrected chi connectivity index (χ0v) is 9.04. The molecular formula is C12H9NOS. The van der Waals surface area contributed by atoms with Gasteiger partial charge in [-0.3, -0.25) is 4.79 Å². The van der Waals surface area contributed by atoms with Gasteiger partial charge >= 0.3 is 0 Å². The quantitative estimate of drug-likeness (QED) is 0.565. The number of nitrogens with zero attached hydrogens (tertiary/aromatic N) is 1. The Morgan fingerprint density at radius 1 is 1.20 bits per heavy atom. The van der Waals surface area contributed by atoms with Crippen molar-refractivity contribution in [3.8, 4) is 0 Å². The maximum absolute atomic E-state index is 11.8. The first-order valence-electron chi connectivity index (χ1n) is 4.74. The van der Waals surface area contributed by atoms with Gasteiger partial charge in [-0.15, -0.1) is 11.3 Å². The van der Waals surface area contributed by atoms with E-state index >= 15 is 0 Å². The molecule has 2 aromatic heterocycles. The predicted octanol–water partition coefficient (Wildman–Crippen LogP) is 2.75. The molecule has 0 saturated carbocycles. The number of aromatic nitrogens is 1. The van der Waals surface area contributed by atoms with Crippen LogP contribution in [0, 0.1) is 0 Å². The molecule has 0 unspecified atom stereocenters. The molecule has 15 heavy (non-hydrogen) atoms. The van der Waals surface area contributed by atoms with E-state index in [0.29, 0.717) is 0 Å². The summed E-state index contributed by atoms with van der Waals surface area (Å²) in [5, 5.41) is 3.02. The molecule has 0 radical (unpaired) electrons. The molecule has 2 nitrogen and oxygen atoms in total. The first kappa shape index (κ1) is 8.68. The lowest BCUT2D eigenvalue weighted by Crippen LogP contribution is -2.01. The predicted molar refractivity (Wildman–Crippen MR) is 64.6 cm³/mol. The SMILES string of the molecule is Cn1c2ccccc2c2sccc(=O)c21. The van der Waals surface area contributed by atoms with Crippen LogP contribution in [0.3, 0.4) is 0 Å². The molecule has 3 heteroatoms. The molecule has 0 spiro atoms. The highest BCUT2D eigenvalue weighted by Crippen LogP contribution is 2.28. The number of fused-ring (bicyclic) bond motifs is 3. The monoisotopic (exact) mass is 215 g/mol. The van der Waals surface area contributed by atoms with Gasteiger partial charge in [0.2, 0.25) is 5.43 Å². The highest BCUT2D eigenvalue weighted by Gasteiger charge is 2.09. The van der Waals surface area contributed by atoms with Crippen LogP contribution in [0.1, 0.15) is 0 Å². The Morgan fingerprint density at radius 3 is 2.87 bits per heavy atom. The number of hydrogen-bond acceptors (Lipinski definition) is 2. The molecule has 0 atom stereocenters. The molecule has 0 aliphatic carbocycles. The van der Waals surface area contributed by atoms with Crippen molar-refractivity contribution in [2.45, 2.75) is 0 Å². The molecule has 3 aromatic rings. The third-order valence-corrected chi connectivity index (χ3v) is 3.62. The summed E-state index contributed by atoms with van der Waals surface area (Å²) in [4.78, 5) is 11.8. The van der Waals surface area contributed by atoms with E-state index in [1.807, 2.05) is 35.2 Å². The maximum atomic E-state index is 11.8. The molecule has 0 saturated heterocycles. The Labute approximate surface area is 90.4 Å². The molecule has 2 heterocycles. The summed E-state index contributed by atoms with van der Waals surface area (Å²) in [7, 11) is 1.94. The van der Waals surface area contributed by atoms with Crippen LogP contribution in [-0.4, -0.2) is 4.57 Å². The summed E-state index contributed by atoms with van der Waals surface area (Å²) in [5.41, 5.74) is 2.03. The van der Waals surface area contributed by atoms with Gasteiger partial charge in [-0.1, -0.05) is 18.2 Å². The van der Waals surface area contributed by atoms with Crippen LogP contribution in [-0.2, 0) is 7.05 Å². The van der Waals surface area contributed by atoms with Gasteiger partial charge in [-0.25, -0.2) is 0 Å². The third-order valence-electron chi connectivity index (χ3n) is 2.70. The summed E-state index contributed by atoms with van der Waals surface area (Å²) in [6, 6.07) is 9.74. The molecule has 1 aromatic carbocycles. The van der Waals surface area contributed by atoms with Gasteiger partial charge in [-0.05, 0) is 17.5 Å². The van der Waals surface area contributed by atoms with E-state index in [1.165, 1.54) is 0 Å². The van der Waals surface area contributed by atoms with Crippen molar-refractivity contribution in [1.82, 2.24) is 4.57 Å². The first-order chi connectivity index (χ1) is 7.29. The second kappa shape index (κ2) is 2.94. The van der Waals surface area contributed by atoms with Crippen molar-refractivity contribution in [1.29, 1.82) is 0 Å². The van der Waals surface area contributed by atoms with Gasteiger partial charge in [-0.2, -0.15) is 0 Å². The highest BCUT2D eigenvalue weighted by molar-refractivity contribution is 7.17. The molecule has 0 aliphatic rings. The Morgan fingerprint density at radius 2 is 2.00 bits per heavy atom. The van der Waals surface area contributed by atoms with Crippen LogP contribution < -0.4 is 5.43 Å². The minimum absolute atomic E-state index is 0.0995.